The third kappa shape index (κ3) is 2.80. The van der Waals surface area contributed by atoms with Crippen LogP contribution in [0.15, 0.2) is 30.3 Å². The molecule has 0 amide bonds. The number of aliphatic hydroxyl groups is 1. The van der Waals surface area contributed by atoms with Gasteiger partial charge in [-0.2, -0.15) is 0 Å². The number of aliphatic hydroxyl groups excluding tert-OH is 1. The van der Waals surface area contributed by atoms with Crippen LogP contribution in [0, 0.1) is 16.0 Å². The Morgan fingerprint density at radius 2 is 2.19 bits per heavy atom. The largest absolute Gasteiger partial charge is 0.396 e. The Labute approximate surface area is 122 Å². The third-order valence-electron chi connectivity index (χ3n) is 4.11. The highest BCUT2D eigenvalue weighted by atomic mass is 16.6. The maximum Gasteiger partial charge on any atom is 0.270 e. The van der Waals surface area contributed by atoms with Gasteiger partial charge in [0.05, 0.1) is 10.4 Å². The molecule has 0 saturated heterocycles. The number of nitro groups is 1. The molecule has 2 unspecified atom stereocenters. The summed E-state index contributed by atoms with van der Waals surface area (Å²) in [7, 11) is 0. The van der Waals surface area contributed by atoms with Crippen LogP contribution in [0.5, 0.6) is 0 Å². The number of fused-ring (bicyclic) bond motifs is 1. The number of aromatic nitrogens is 1. The number of pyridine rings is 1. The molecule has 1 fully saturated rings. The summed E-state index contributed by atoms with van der Waals surface area (Å²) in [6.07, 6.45) is 3.18. The van der Waals surface area contributed by atoms with E-state index in [2.05, 4.69) is 10.3 Å². The minimum absolute atomic E-state index is 0.0705. The topological polar surface area (TPSA) is 88.3 Å². The van der Waals surface area contributed by atoms with Crippen LogP contribution in [0.4, 0.5) is 11.5 Å². The second-order valence-electron chi connectivity index (χ2n) is 5.45. The molecule has 2 N–H and O–H groups in total. The first-order chi connectivity index (χ1) is 10.2. The van der Waals surface area contributed by atoms with E-state index < -0.39 is 4.92 Å². The molecule has 0 radical (unpaired) electrons. The van der Waals surface area contributed by atoms with Gasteiger partial charge in [-0.25, -0.2) is 4.98 Å². The fraction of sp³-hybridized carbons (Fsp3) is 0.400. The number of hydrogen-bond donors (Lipinski definition) is 2. The van der Waals surface area contributed by atoms with E-state index in [0.717, 1.165) is 36.0 Å². The van der Waals surface area contributed by atoms with Gasteiger partial charge in [-0.1, -0.05) is 6.42 Å². The molecule has 3 rings (SSSR count). The predicted molar refractivity (Wildman–Crippen MR) is 80.2 cm³/mol. The molecule has 110 valence electrons. The third-order valence-corrected chi connectivity index (χ3v) is 4.11. The summed E-state index contributed by atoms with van der Waals surface area (Å²) < 4.78 is 0. The number of nitrogens with one attached hydrogen (secondary N) is 1. The Morgan fingerprint density at radius 1 is 1.33 bits per heavy atom. The molecule has 0 spiro atoms. The average Bonchev–Trinajstić information content (AvgIpc) is 2.93. The van der Waals surface area contributed by atoms with Crippen molar-refractivity contribution >= 4 is 22.4 Å². The fourth-order valence-corrected chi connectivity index (χ4v) is 2.94. The summed E-state index contributed by atoms with van der Waals surface area (Å²) in [6, 6.07) is 8.57. The van der Waals surface area contributed by atoms with Crippen molar-refractivity contribution in [2.75, 3.05) is 11.9 Å². The first-order valence-electron chi connectivity index (χ1n) is 7.10. The van der Waals surface area contributed by atoms with Crippen molar-refractivity contribution in [2.24, 2.45) is 5.92 Å². The minimum Gasteiger partial charge on any atom is -0.396 e. The highest BCUT2D eigenvalue weighted by Crippen LogP contribution is 2.28. The predicted octanol–water partition coefficient (Wildman–Crippen LogP) is 2.72. The van der Waals surface area contributed by atoms with E-state index in [4.69, 9.17) is 0 Å². The number of nitrogens with zero attached hydrogens (tertiary/aromatic N) is 2. The lowest BCUT2D eigenvalue weighted by molar-refractivity contribution is -0.384. The molecular formula is C15H17N3O3. The van der Waals surface area contributed by atoms with Crippen molar-refractivity contribution in [2.45, 2.75) is 25.3 Å². The standard InChI is InChI=1S/C15H17N3O3/c19-9-11-2-1-3-13(11)16-15-7-4-10-8-12(18(20)21)5-6-14(10)17-15/h4-8,11,13,19H,1-3,9H2,(H,16,17). The molecule has 0 bridgehead atoms. The molecule has 2 atom stereocenters. The van der Waals surface area contributed by atoms with Gasteiger partial charge in [0.1, 0.15) is 5.82 Å². The molecule has 1 aromatic heterocycles. The van der Waals surface area contributed by atoms with Crippen molar-refractivity contribution in [3.8, 4) is 0 Å². The lowest BCUT2D eigenvalue weighted by Gasteiger charge is -2.19. The van der Waals surface area contributed by atoms with Gasteiger partial charge in [0.25, 0.3) is 5.69 Å². The number of benzene rings is 1. The van der Waals surface area contributed by atoms with Crippen LogP contribution in [0.25, 0.3) is 10.9 Å². The second kappa shape index (κ2) is 5.65. The Balaban J connectivity index is 1.84. The summed E-state index contributed by atoms with van der Waals surface area (Å²) in [5.41, 5.74) is 0.797. The van der Waals surface area contributed by atoms with Gasteiger partial charge in [0, 0.05) is 36.1 Å². The van der Waals surface area contributed by atoms with E-state index in [1.807, 2.05) is 12.1 Å². The first kappa shape index (κ1) is 13.8. The minimum atomic E-state index is -0.407. The van der Waals surface area contributed by atoms with Crippen LogP contribution in [-0.2, 0) is 0 Å². The zero-order valence-corrected chi connectivity index (χ0v) is 11.5. The Hall–Kier alpha value is -2.21. The Bertz CT molecular complexity index is 674. The zero-order chi connectivity index (χ0) is 14.8. The van der Waals surface area contributed by atoms with Gasteiger partial charge < -0.3 is 10.4 Å². The molecule has 1 saturated carbocycles. The highest BCUT2D eigenvalue weighted by Gasteiger charge is 2.26. The fourth-order valence-electron chi connectivity index (χ4n) is 2.94. The van der Waals surface area contributed by atoms with E-state index >= 15 is 0 Å². The molecule has 2 aromatic rings. The molecule has 0 aliphatic heterocycles. The first-order valence-corrected chi connectivity index (χ1v) is 7.10. The quantitative estimate of drug-likeness (QED) is 0.666. The molecule has 1 aliphatic carbocycles. The molecule has 21 heavy (non-hydrogen) atoms. The summed E-state index contributed by atoms with van der Waals surface area (Å²) in [6.45, 7) is 0.192. The molecule has 6 heteroatoms. The van der Waals surface area contributed by atoms with E-state index in [9.17, 15) is 15.2 Å². The molecule has 6 nitrogen and oxygen atoms in total. The smallest absolute Gasteiger partial charge is 0.270 e. The van der Waals surface area contributed by atoms with Crippen molar-refractivity contribution in [3.05, 3.63) is 40.4 Å². The number of anilines is 1. The van der Waals surface area contributed by atoms with E-state index in [0.29, 0.717) is 0 Å². The van der Waals surface area contributed by atoms with E-state index in [1.54, 1.807) is 6.07 Å². The normalized spacial score (nSPS) is 21.6. The monoisotopic (exact) mass is 287 g/mol. The number of non-ortho nitro benzene ring substituents is 1. The van der Waals surface area contributed by atoms with E-state index in [-0.39, 0.29) is 24.3 Å². The maximum absolute atomic E-state index is 10.8. The van der Waals surface area contributed by atoms with Gasteiger partial charge in [-0.05, 0) is 31.0 Å². The maximum atomic E-state index is 10.8. The van der Waals surface area contributed by atoms with Gasteiger partial charge in [-0.15, -0.1) is 0 Å². The zero-order valence-electron chi connectivity index (χ0n) is 11.5. The second-order valence-corrected chi connectivity index (χ2v) is 5.45. The van der Waals surface area contributed by atoms with Crippen molar-refractivity contribution < 1.29 is 10.0 Å². The molecule has 1 heterocycles. The van der Waals surface area contributed by atoms with Crippen LogP contribution in [-0.4, -0.2) is 27.7 Å². The van der Waals surface area contributed by atoms with Gasteiger partial charge in [-0.3, -0.25) is 10.1 Å². The van der Waals surface area contributed by atoms with Gasteiger partial charge in [0.15, 0.2) is 0 Å². The van der Waals surface area contributed by atoms with Crippen LogP contribution >= 0.6 is 0 Å². The van der Waals surface area contributed by atoms with Crippen LogP contribution in [0.1, 0.15) is 19.3 Å². The Morgan fingerprint density at radius 3 is 2.95 bits per heavy atom. The summed E-state index contributed by atoms with van der Waals surface area (Å²) >= 11 is 0. The van der Waals surface area contributed by atoms with Crippen molar-refractivity contribution in [1.82, 2.24) is 4.98 Å². The highest BCUT2D eigenvalue weighted by molar-refractivity contribution is 5.82. The lowest BCUT2D eigenvalue weighted by Crippen LogP contribution is -2.26. The summed E-state index contributed by atoms with van der Waals surface area (Å²) in [4.78, 5) is 14.8. The number of hydrogen-bond acceptors (Lipinski definition) is 5. The number of nitro benzene ring substituents is 1. The molecular weight excluding hydrogens is 270 g/mol. The molecule has 1 aliphatic rings. The Kier molecular flexibility index (Phi) is 3.70. The average molecular weight is 287 g/mol. The number of rotatable bonds is 4. The summed E-state index contributed by atoms with van der Waals surface area (Å²) in [5.74, 6) is 1.03. The summed E-state index contributed by atoms with van der Waals surface area (Å²) in [5, 5.41) is 24.2. The van der Waals surface area contributed by atoms with E-state index in [1.165, 1.54) is 12.1 Å². The van der Waals surface area contributed by atoms with Crippen LogP contribution < -0.4 is 5.32 Å². The van der Waals surface area contributed by atoms with Crippen LogP contribution in [0.3, 0.4) is 0 Å². The SMILES string of the molecule is O=[N+]([O-])c1ccc2nc(NC3CCCC3CO)ccc2c1. The lowest BCUT2D eigenvalue weighted by atomic mass is 10.1. The van der Waals surface area contributed by atoms with Crippen LogP contribution in [0.2, 0.25) is 0 Å². The van der Waals surface area contributed by atoms with Crippen molar-refractivity contribution in [1.29, 1.82) is 0 Å². The molecule has 1 aromatic carbocycles. The van der Waals surface area contributed by atoms with Gasteiger partial charge >= 0.3 is 0 Å². The van der Waals surface area contributed by atoms with Gasteiger partial charge in [0.2, 0.25) is 0 Å². The van der Waals surface area contributed by atoms with Crippen molar-refractivity contribution in [3.63, 3.8) is 0 Å².